The Balaban J connectivity index is 1.12. The lowest BCUT2D eigenvalue weighted by Gasteiger charge is -2.61. The second-order valence-corrected chi connectivity index (χ2v) is 11.9. The summed E-state index contributed by atoms with van der Waals surface area (Å²) in [5.74, 6) is 0. The van der Waals surface area contributed by atoms with Gasteiger partial charge < -0.3 is 10.0 Å². The third-order valence-corrected chi connectivity index (χ3v) is 9.87. The molecule has 3 aliphatic carbocycles. The number of β-amino-alcohol motifs (C(OH)–C–C–N with tert-alkyl or cyclic N) is 1. The van der Waals surface area contributed by atoms with Crippen LogP contribution < -0.4 is 4.90 Å². The zero-order chi connectivity index (χ0) is 23.9. The van der Waals surface area contributed by atoms with Crippen molar-refractivity contribution in [2.75, 3.05) is 24.5 Å². The fourth-order valence-electron chi connectivity index (χ4n) is 7.60. The number of fused-ring (bicyclic) bond motifs is 5. The van der Waals surface area contributed by atoms with Crippen LogP contribution in [0.4, 0.5) is 5.69 Å². The molecule has 3 aromatic heterocycles. The van der Waals surface area contributed by atoms with Gasteiger partial charge in [0.2, 0.25) is 0 Å². The Morgan fingerprint density at radius 1 is 1.09 bits per heavy atom. The van der Waals surface area contributed by atoms with Crippen LogP contribution in [0.3, 0.4) is 0 Å². The number of hydrogen-bond acceptors (Lipinski definition) is 6. The number of nitrogens with zero attached hydrogens (tertiary/aromatic N) is 7. The summed E-state index contributed by atoms with van der Waals surface area (Å²) >= 11 is 0. The van der Waals surface area contributed by atoms with Gasteiger partial charge in [0.05, 0.1) is 29.1 Å². The minimum Gasteiger partial charge on any atom is -0.390 e. The Morgan fingerprint density at radius 2 is 1.83 bits per heavy atom. The molecule has 8 heteroatoms. The fourth-order valence-corrected chi connectivity index (χ4v) is 7.60. The molecule has 0 aromatic carbocycles. The monoisotopic (exact) mass is 475 g/mol. The van der Waals surface area contributed by atoms with Gasteiger partial charge in [-0.1, -0.05) is 0 Å². The van der Waals surface area contributed by atoms with E-state index in [0.29, 0.717) is 11.0 Å². The van der Waals surface area contributed by atoms with Gasteiger partial charge in [-0.05, 0) is 63.9 Å². The molecule has 4 fully saturated rings. The van der Waals surface area contributed by atoms with Crippen LogP contribution in [0.5, 0.6) is 0 Å². The third kappa shape index (κ3) is 3.29. The number of likely N-dealkylation sites (tertiary alicyclic amines) is 1. The first-order valence-electron chi connectivity index (χ1n) is 13.4. The van der Waals surface area contributed by atoms with Crippen molar-refractivity contribution in [3.63, 3.8) is 0 Å². The molecule has 1 N–H and O–H groups in total. The van der Waals surface area contributed by atoms with Crippen molar-refractivity contribution >= 4 is 16.7 Å². The van der Waals surface area contributed by atoms with Gasteiger partial charge in [0.1, 0.15) is 0 Å². The zero-order valence-electron chi connectivity index (χ0n) is 21.3. The Kier molecular flexibility index (Phi) is 4.69. The van der Waals surface area contributed by atoms with Gasteiger partial charge in [0, 0.05) is 68.7 Å². The molecule has 5 aliphatic rings. The van der Waals surface area contributed by atoms with E-state index in [-0.39, 0.29) is 6.10 Å². The van der Waals surface area contributed by atoms with E-state index in [0.717, 1.165) is 55.9 Å². The third-order valence-electron chi connectivity index (χ3n) is 9.87. The van der Waals surface area contributed by atoms with Crippen molar-refractivity contribution in [1.29, 1.82) is 0 Å². The summed E-state index contributed by atoms with van der Waals surface area (Å²) in [4.78, 5) is 9.79. The molecular formula is C27H37N7O. The quantitative estimate of drug-likeness (QED) is 0.625. The van der Waals surface area contributed by atoms with Crippen molar-refractivity contribution < 1.29 is 5.11 Å². The number of rotatable bonds is 4. The predicted octanol–water partition coefficient (Wildman–Crippen LogP) is 3.11. The fraction of sp³-hybridized carbons (Fsp3) is 0.667. The highest BCUT2D eigenvalue weighted by atomic mass is 16.3. The summed E-state index contributed by atoms with van der Waals surface area (Å²) in [6.07, 6.45) is 10.7. The Labute approximate surface area is 206 Å². The van der Waals surface area contributed by atoms with Crippen LogP contribution in [0.15, 0.2) is 12.3 Å². The molecule has 3 aromatic rings. The number of aryl methyl sites for hydroxylation is 3. The average Bonchev–Trinajstić information content (AvgIpc) is 3.36. The zero-order valence-corrected chi connectivity index (χ0v) is 21.3. The van der Waals surface area contributed by atoms with Crippen molar-refractivity contribution in [3.05, 3.63) is 34.9 Å². The first-order chi connectivity index (χ1) is 16.8. The van der Waals surface area contributed by atoms with E-state index in [1.165, 1.54) is 61.2 Å². The van der Waals surface area contributed by atoms with Crippen molar-refractivity contribution in [2.24, 2.45) is 12.5 Å². The number of aromatic nitrogens is 5. The molecule has 2 aliphatic heterocycles. The number of aliphatic hydroxyl groups excluding tert-OH is 1. The Hall–Kier alpha value is -2.45. The highest BCUT2D eigenvalue weighted by molar-refractivity contribution is 5.89. The van der Waals surface area contributed by atoms with Gasteiger partial charge >= 0.3 is 0 Å². The minimum atomic E-state index is -0.0959. The SMILES string of the molecule is Cc1cc(N2CCc3c(c(C)nn3CC34CCC(N5CC(O)C5)(CC3)CC4)C2)c2cnn(C)c2n1. The lowest BCUT2D eigenvalue weighted by molar-refractivity contribution is -0.128. The second-order valence-electron chi connectivity index (χ2n) is 11.9. The van der Waals surface area contributed by atoms with Gasteiger partial charge in [0.25, 0.3) is 0 Å². The molecule has 2 bridgehead atoms. The summed E-state index contributed by atoms with van der Waals surface area (Å²) in [5, 5.41) is 20.5. The largest absolute Gasteiger partial charge is 0.390 e. The van der Waals surface area contributed by atoms with Crippen molar-refractivity contribution in [2.45, 2.75) is 83.5 Å². The van der Waals surface area contributed by atoms with E-state index >= 15 is 0 Å². The molecule has 0 spiro atoms. The summed E-state index contributed by atoms with van der Waals surface area (Å²) in [5.41, 5.74) is 8.06. The molecule has 8 nitrogen and oxygen atoms in total. The van der Waals surface area contributed by atoms with Gasteiger partial charge in [0.15, 0.2) is 5.65 Å². The highest BCUT2D eigenvalue weighted by Gasteiger charge is 2.53. The maximum absolute atomic E-state index is 9.83. The first kappa shape index (κ1) is 21.8. The standard InChI is InChI=1S/C27H37N7O/c1-18-12-24(21-13-28-31(3)25(21)29-18)32-11-4-23-22(16-32)19(2)30-34(23)17-26-5-8-27(9-6-26,10-7-26)33-14-20(35)15-33/h12-13,20,35H,4-11,14-17H2,1-3H3. The lowest BCUT2D eigenvalue weighted by atomic mass is 9.56. The Morgan fingerprint density at radius 3 is 2.54 bits per heavy atom. The molecule has 0 atom stereocenters. The number of pyridine rings is 1. The lowest BCUT2D eigenvalue weighted by Crippen LogP contribution is -2.66. The molecule has 35 heavy (non-hydrogen) atoms. The molecule has 1 saturated heterocycles. The summed E-state index contributed by atoms with van der Waals surface area (Å²) in [6.45, 7) is 9.01. The summed E-state index contributed by atoms with van der Waals surface area (Å²) < 4.78 is 4.27. The van der Waals surface area contributed by atoms with E-state index < -0.39 is 0 Å². The number of hydrogen-bond donors (Lipinski definition) is 1. The van der Waals surface area contributed by atoms with Crippen molar-refractivity contribution in [1.82, 2.24) is 29.4 Å². The molecule has 0 radical (unpaired) electrons. The van der Waals surface area contributed by atoms with E-state index in [1.807, 2.05) is 17.9 Å². The predicted molar refractivity (Wildman–Crippen MR) is 135 cm³/mol. The van der Waals surface area contributed by atoms with Gasteiger partial charge in [-0.25, -0.2) is 4.98 Å². The Bertz CT molecular complexity index is 1280. The smallest absolute Gasteiger partial charge is 0.159 e. The summed E-state index contributed by atoms with van der Waals surface area (Å²) in [7, 11) is 1.97. The van der Waals surface area contributed by atoms with Crippen LogP contribution >= 0.6 is 0 Å². The van der Waals surface area contributed by atoms with E-state index in [9.17, 15) is 5.11 Å². The van der Waals surface area contributed by atoms with Crippen LogP contribution in [0.2, 0.25) is 0 Å². The molecular weight excluding hydrogens is 438 g/mol. The summed E-state index contributed by atoms with van der Waals surface area (Å²) in [6, 6.07) is 2.21. The van der Waals surface area contributed by atoms with E-state index in [2.05, 4.69) is 39.5 Å². The molecule has 8 rings (SSSR count). The van der Waals surface area contributed by atoms with Crippen molar-refractivity contribution in [3.8, 4) is 0 Å². The van der Waals surface area contributed by atoms with E-state index in [4.69, 9.17) is 10.1 Å². The minimum absolute atomic E-state index is 0.0959. The maximum Gasteiger partial charge on any atom is 0.159 e. The molecule has 3 saturated carbocycles. The van der Waals surface area contributed by atoms with Gasteiger partial charge in [-0.3, -0.25) is 14.3 Å². The van der Waals surface area contributed by atoms with Crippen LogP contribution in [-0.2, 0) is 26.6 Å². The van der Waals surface area contributed by atoms with Crippen LogP contribution in [0, 0.1) is 19.3 Å². The number of aliphatic hydroxyl groups is 1. The van der Waals surface area contributed by atoms with Crippen LogP contribution in [-0.4, -0.2) is 65.8 Å². The van der Waals surface area contributed by atoms with Crippen LogP contribution in [0.1, 0.15) is 61.2 Å². The van der Waals surface area contributed by atoms with Gasteiger partial charge in [-0.2, -0.15) is 10.2 Å². The second kappa shape index (κ2) is 7.53. The highest BCUT2D eigenvalue weighted by Crippen LogP contribution is 2.56. The topological polar surface area (TPSA) is 75.2 Å². The first-order valence-corrected chi connectivity index (χ1v) is 13.4. The van der Waals surface area contributed by atoms with Crippen LogP contribution in [0.25, 0.3) is 11.0 Å². The molecule has 0 amide bonds. The molecule has 0 unspecified atom stereocenters. The van der Waals surface area contributed by atoms with Gasteiger partial charge in [-0.15, -0.1) is 0 Å². The average molecular weight is 476 g/mol. The number of anilines is 1. The normalized spacial score (nSPS) is 29.1. The van der Waals surface area contributed by atoms with E-state index in [1.54, 1.807) is 0 Å². The maximum atomic E-state index is 9.83. The molecule has 5 heterocycles. The molecule has 186 valence electrons.